The van der Waals surface area contributed by atoms with Gasteiger partial charge in [0.1, 0.15) is 5.82 Å². The van der Waals surface area contributed by atoms with Gasteiger partial charge in [0.25, 0.3) is 5.91 Å². The first kappa shape index (κ1) is 13.5. The Labute approximate surface area is 110 Å². The van der Waals surface area contributed by atoms with Gasteiger partial charge in [-0.3, -0.25) is 4.79 Å². The van der Waals surface area contributed by atoms with Crippen LogP contribution in [-0.2, 0) is 0 Å². The monoisotopic (exact) mass is 264 g/mol. The maximum atomic E-state index is 13.7. The zero-order valence-electron chi connectivity index (χ0n) is 10.7. The number of hydrogen-bond donors (Lipinski definition) is 3. The van der Waals surface area contributed by atoms with Crippen molar-refractivity contribution >= 4 is 16.8 Å². The van der Waals surface area contributed by atoms with Gasteiger partial charge in [0.2, 0.25) is 0 Å². The van der Waals surface area contributed by atoms with E-state index in [0.717, 1.165) is 0 Å². The minimum Gasteiger partial charge on any atom is -0.393 e. The summed E-state index contributed by atoms with van der Waals surface area (Å²) in [6.07, 6.45) is 2.23. The number of hydrogen-bond acceptors (Lipinski definition) is 2. The SMILES string of the molecule is CCC(O)CCNC(=O)c1c[nH]c2cccc(F)c12. The van der Waals surface area contributed by atoms with Crippen molar-refractivity contribution in [1.82, 2.24) is 10.3 Å². The van der Waals surface area contributed by atoms with E-state index in [1.165, 1.54) is 12.3 Å². The van der Waals surface area contributed by atoms with Crippen LogP contribution in [0.2, 0.25) is 0 Å². The van der Waals surface area contributed by atoms with E-state index in [-0.39, 0.29) is 5.91 Å². The summed E-state index contributed by atoms with van der Waals surface area (Å²) in [4.78, 5) is 14.8. The number of rotatable bonds is 5. The van der Waals surface area contributed by atoms with Crippen molar-refractivity contribution in [3.8, 4) is 0 Å². The quantitative estimate of drug-likeness (QED) is 0.775. The molecule has 0 bridgehead atoms. The average molecular weight is 264 g/mol. The molecule has 102 valence electrons. The molecule has 1 aromatic carbocycles. The fourth-order valence-electron chi connectivity index (χ4n) is 1.97. The molecule has 1 aromatic heterocycles. The maximum absolute atomic E-state index is 13.7. The lowest BCUT2D eigenvalue weighted by molar-refractivity contribution is 0.0943. The molecule has 5 heteroatoms. The highest BCUT2D eigenvalue weighted by Crippen LogP contribution is 2.21. The van der Waals surface area contributed by atoms with Gasteiger partial charge in [0.05, 0.1) is 11.7 Å². The Kier molecular flexibility index (Phi) is 4.16. The summed E-state index contributed by atoms with van der Waals surface area (Å²) in [6.45, 7) is 2.25. The number of carbonyl (C=O) groups excluding carboxylic acids is 1. The first-order valence-electron chi connectivity index (χ1n) is 6.35. The van der Waals surface area contributed by atoms with Gasteiger partial charge < -0.3 is 15.4 Å². The molecule has 19 heavy (non-hydrogen) atoms. The van der Waals surface area contributed by atoms with Gasteiger partial charge >= 0.3 is 0 Å². The van der Waals surface area contributed by atoms with E-state index in [2.05, 4.69) is 10.3 Å². The third kappa shape index (κ3) is 2.93. The van der Waals surface area contributed by atoms with Crippen LogP contribution in [0.25, 0.3) is 10.9 Å². The molecule has 0 aliphatic carbocycles. The zero-order chi connectivity index (χ0) is 13.8. The van der Waals surface area contributed by atoms with Crippen molar-refractivity contribution in [3.05, 3.63) is 35.8 Å². The van der Waals surface area contributed by atoms with Gasteiger partial charge in [-0.05, 0) is 25.0 Å². The van der Waals surface area contributed by atoms with E-state index >= 15 is 0 Å². The maximum Gasteiger partial charge on any atom is 0.253 e. The lowest BCUT2D eigenvalue weighted by Gasteiger charge is -2.08. The Morgan fingerprint density at radius 1 is 1.53 bits per heavy atom. The van der Waals surface area contributed by atoms with E-state index in [9.17, 15) is 14.3 Å². The van der Waals surface area contributed by atoms with Crippen molar-refractivity contribution in [3.63, 3.8) is 0 Å². The molecular formula is C14H17FN2O2. The van der Waals surface area contributed by atoms with Crippen LogP contribution in [0.5, 0.6) is 0 Å². The summed E-state index contributed by atoms with van der Waals surface area (Å²) >= 11 is 0. The lowest BCUT2D eigenvalue weighted by Crippen LogP contribution is -2.26. The second-order valence-electron chi connectivity index (χ2n) is 4.47. The highest BCUT2D eigenvalue weighted by atomic mass is 19.1. The number of aromatic nitrogens is 1. The highest BCUT2D eigenvalue weighted by Gasteiger charge is 2.14. The molecule has 3 N–H and O–H groups in total. The molecule has 1 heterocycles. The van der Waals surface area contributed by atoms with Crippen LogP contribution in [0.3, 0.4) is 0 Å². The van der Waals surface area contributed by atoms with E-state index in [1.807, 2.05) is 6.92 Å². The van der Waals surface area contributed by atoms with E-state index in [4.69, 9.17) is 0 Å². The van der Waals surface area contributed by atoms with Gasteiger partial charge in [0, 0.05) is 23.6 Å². The number of H-pyrrole nitrogens is 1. The Morgan fingerprint density at radius 3 is 3.05 bits per heavy atom. The number of fused-ring (bicyclic) bond motifs is 1. The van der Waals surface area contributed by atoms with E-state index in [1.54, 1.807) is 12.1 Å². The van der Waals surface area contributed by atoms with Gasteiger partial charge in [-0.15, -0.1) is 0 Å². The predicted octanol–water partition coefficient (Wildman–Crippen LogP) is 2.20. The number of benzene rings is 1. The second kappa shape index (κ2) is 5.84. The van der Waals surface area contributed by atoms with E-state index in [0.29, 0.717) is 35.9 Å². The van der Waals surface area contributed by atoms with Gasteiger partial charge in [0.15, 0.2) is 0 Å². The summed E-state index contributed by atoms with van der Waals surface area (Å²) in [5.74, 6) is -0.753. The minimum absolute atomic E-state index is 0.291. The third-order valence-electron chi connectivity index (χ3n) is 3.13. The second-order valence-corrected chi connectivity index (χ2v) is 4.47. The largest absolute Gasteiger partial charge is 0.393 e. The minimum atomic E-state index is -0.419. The number of aromatic amines is 1. The van der Waals surface area contributed by atoms with Crippen LogP contribution in [0.4, 0.5) is 4.39 Å². The summed E-state index contributed by atoms with van der Waals surface area (Å²) < 4.78 is 13.7. The molecular weight excluding hydrogens is 247 g/mol. The first-order chi connectivity index (χ1) is 9.13. The molecule has 2 aromatic rings. The molecule has 4 nitrogen and oxygen atoms in total. The van der Waals surface area contributed by atoms with E-state index < -0.39 is 11.9 Å². The van der Waals surface area contributed by atoms with Gasteiger partial charge in [-0.1, -0.05) is 13.0 Å². The predicted molar refractivity (Wildman–Crippen MR) is 71.5 cm³/mol. The molecule has 1 amide bonds. The Hall–Kier alpha value is -1.88. The molecule has 0 aliphatic heterocycles. The van der Waals surface area contributed by atoms with Crippen molar-refractivity contribution in [2.75, 3.05) is 6.54 Å². The van der Waals surface area contributed by atoms with Crippen LogP contribution in [0, 0.1) is 5.82 Å². The zero-order valence-corrected chi connectivity index (χ0v) is 10.7. The van der Waals surface area contributed by atoms with Crippen LogP contribution in [-0.4, -0.2) is 28.6 Å². The molecule has 0 saturated heterocycles. The normalized spacial score (nSPS) is 12.6. The number of aliphatic hydroxyl groups excluding tert-OH is 1. The number of nitrogens with one attached hydrogen (secondary N) is 2. The van der Waals surface area contributed by atoms with Gasteiger partial charge in [-0.25, -0.2) is 4.39 Å². The Balaban J connectivity index is 2.10. The molecule has 0 fully saturated rings. The fourth-order valence-corrected chi connectivity index (χ4v) is 1.97. The molecule has 1 unspecified atom stereocenters. The third-order valence-corrected chi connectivity index (χ3v) is 3.13. The Morgan fingerprint density at radius 2 is 2.32 bits per heavy atom. The van der Waals surface area contributed by atoms with Crippen molar-refractivity contribution in [1.29, 1.82) is 0 Å². The number of halogens is 1. The fraction of sp³-hybridized carbons (Fsp3) is 0.357. The molecule has 0 spiro atoms. The van der Waals surface area contributed by atoms with Crippen LogP contribution in [0.1, 0.15) is 30.1 Å². The standard InChI is InChI=1S/C14H17FN2O2/c1-2-9(18)6-7-16-14(19)10-8-17-12-5-3-4-11(15)13(10)12/h3-5,8-9,17-18H,2,6-7H2,1H3,(H,16,19). The van der Waals surface area contributed by atoms with Gasteiger partial charge in [-0.2, -0.15) is 0 Å². The topological polar surface area (TPSA) is 65.1 Å². The molecule has 1 atom stereocenters. The van der Waals surface area contributed by atoms with Crippen LogP contribution in [0.15, 0.2) is 24.4 Å². The van der Waals surface area contributed by atoms with Crippen molar-refractivity contribution < 1.29 is 14.3 Å². The molecule has 0 radical (unpaired) electrons. The molecule has 0 aliphatic rings. The van der Waals surface area contributed by atoms with Crippen LogP contribution < -0.4 is 5.32 Å². The summed E-state index contributed by atoms with van der Waals surface area (Å²) in [7, 11) is 0. The highest BCUT2D eigenvalue weighted by molar-refractivity contribution is 6.06. The molecule has 0 saturated carbocycles. The number of aliphatic hydroxyl groups is 1. The smallest absolute Gasteiger partial charge is 0.253 e. The Bertz CT molecular complexity index is 580. The summed E-state index contributed by atoms with van der Waals surface area (Å²) in [5.41, 5.74) is 0.887. The summed E-state index contributed by atoms with van der Waals surface area (Å²) in [5, 5.41) is 12.4. The van der Waals surface area contributed by atoms with Crippen molar-refractivity contribution in [2.45, 2.75) is 25.9 Å². The molecule has 2 rings (SSSR count). The van der Waals surface area contributed by atoms with Crippen molar-refractivity contribution in [2.24, 2.45) is 0 Å². The average Bonchev–Trinajstić information content (AvgIpc) is 2.83. The number of carbonyl (C=O) groups is 1. The summed E-state index contributed by atoms with van der Waals surface area (Å²) in [6, 6.07) is 4.64. The number of amides is 1. The lowest BCUT2D eigenvalue weighted by atomic mass is 10.1. The first-order valence-corrected chi connectivity index (χ1v) is 6.35. The van der Waals surface area contributed by atoms with Crippen LogP contribution >= 0.6 is 0 Å².